The molecule has 0 amide bonds. The van der Waals surface area contributed by atoms with Gasteiger partial charge in [-0.15, -0.1) is 0 Å². The summed E-state index contributed by atoms with van der Waals surface area (Å²) < 4.78 is 7.48. The fourth-order valence-electron chi connectivity index (χ4n) is 1.71. The maximum atomic E-state index is 5.80. The van der Waals surface area contributed by atoms with Crippen molar-refractivity contribution in [2.75, 3.05) is 5.73 Å². The number of anilines is 1. The van der Waals surface area contributed by atoms with Crippen LogP contribution in [-0.2, 0) is 6.61 Å². The van der Waals surface area contributed by atoms with E-state index in [1.165, 1.54) is 0 Å². The van der Waals surface area contributed by atoms with Crippen molar-refractivity contribution in [2.45, 2.75) is 6.61 Å². The quantitative estimate of drug-likeness (QED) is 0.710. The molecule has 0 aliphatic heterocycles. The minimum absolute atomic E-state index is 0.373. The molecule has 0 bridgehead atoms. The average molecular weight is 240 g/mol. The normalized spacial score (nSPS) is 10.7. The van der Waals surface area contributed by atoms with E-state index in [-0.39, 0.29) is 0 Å². The minimum Gasteiger partial charge on any atom is -0.485 e. The van der Waals surface area contributed by atoms with Crippen molar-refractivity contribution in [1.82, 2.24) is 14.4 Å². The highest BCUT2D eigenvalue weighted by atomic mass is 16.5. The van der Waals surface area contributed by atoms with Crippen LogP contribution in [0, 0.1) is 0 Å². The van der Waals surface area contributed by atoms with Crippen molar-refractivity contribution < 1.29 is 4.74 Å². The Kier molecular flexibility index (Phi) is 2.57. The summed E-state index contributed by atoms with van der Waals surface area (Å²) in [5.74, 6) is 1.33. The summed E-state index contributed by atoms with van der Waals surface area (Å²) >= 11 is 0. The fraction of sp³-hybridized carbons (Fsp3) is 0.0769. The van der Waals surface area contributed by atoms with E-state index >= 15 is 0 Å². The summed E-state index contributed by atoms with van der Waals surface area (Å²) in [6.45, 7) is 0.373. The maximum absolute atomic E-state index is 5.80. The van der Waals surface area contributed by atoms with Gasteiger partial charge in [0, 0.05) is 18.6 Å². The van der Waals surface area contributed by atoms with Crippen LogP contribution < -0.4 is 10.5 Å². The summed E-state index contributed by atoms with van der Waals surface area (Å²) in [6.07, 6.45) is 5.50. The van der Waals surface area contributed by atoms with Crippen LogP contribution in [0.3, 0.4) is 0 Å². The van der Waals surface area contributed by atoms with E-state index in [1.807, 2.05) is 41.1 Å². The van der Waals surface area contributed by atoms with Crippen LogP contribution in [0.1, 0.15) is 5.69 Å². The van der Waals surface area contributed by atoms with Gasteiger partial charge in [-0.05, 0) is 18.2 Å². The molecule has 0 radical (unpaired) electrons. The Bertz CT molecular complexity index is 644. The number of imidazole rings is 1. The number of nitrogens with two attached hydrogens (primary N) is 1. The molecular formula is C13H12N4O. The van der Waals surface area contributed by atoms with E-state index in [0.717, 1.165) is 5.69 Å². The minimum atomic E-state index is 0.373. The van der Waals surface area contributed by atoms with Crippen LogP contribution in [0.5, 0.6) is 5.75 Å². The first-order valence-corrected chi connectivity index (χ1v) is 5.59. The zero-order chi connectivity index (χ0) is 12.4. The van der Waals surface area contributed by atoms with Crippen molar-refractivity contribution >= 4 is 11.5 Å². The van der Waals surface area contributed by atoms with Gasteiger partial charge in [0.1, 0.15) is 12.4 Å². The zero-order valence-corrected chi connectivity index (χ0v) is 9.65. The van der Waals surface area contributed by atoms with Crippen molar-refractivity contribution in [3.8, 4) is 5.75 Å². The Balaban J connectivity index is 1.79. The molecule has 2 N–H and O–H groups in total. The Hall–Kier alpha value is -2.56. The van der Waals surface area contributed by atoms with Gasteiger partial charge in [-0.2, -0.15) is 0 Å². The van der Waals surface area contributed by atoms with Gasteiger partial charge in [0.2, 0.25) is 5.78 Å². The zero-order valence-electron chi connectivity index (χ0n) is 9.65. The lowest BCUT2D eigenvalue weighted by molar-refractivity contribution is 0.304. The molecule has 0 saturated carbocycles. The predicted octanol–water partition coefficient (Wildman–Crippen LogP) is 1.89. The molecule has 0 unspecified atom stereocenters. The molecule has 0 aliphatic rings. The summed E-state index contributed by atoms with van der Waals surface area (Å²) in [6, 6.07) is 9.26. The topological polar surface area (TPSA) is 65.4 Å². The third kappa shape index (κ3) is 1.98. The molecule has 2 aromatic heterocycles. The van der Waals surface area contributed by atoms with Gasteiger partial charge >= 0.3 is 0 Å². The number of aromatic nitrogens is 3. The second-order valence-corrected chi connectivity index (χ2v) is 3.89. The lowest BCUT2D eigenvalue weighted by Crippen LogP contribution is -1.98. The molecular weight excluding hydrogens is 228 g/mol. The number of nitrogen functional groups attached to an aromatic ring is 1. The molecule has 5 heteroatoms. The van der Waals surface area contributed by atoms with E-state index in [1.54, 1.807) is 12.3 Å². The molecule has 0 fully saturated rings. The van der Waals surface area contributed by atoms with Crippen molar-refractivity contribution in [1.29, 1.82) is 0 Å². The standard InChI is InChI=1S/C13H12N4O/c14-11-4-1-2-5-12(11)18-9-10-8-17-7-3-6-15-13(17)16-10/h1-8H,9,14H2. The number of hydrogen-bond acceptors (Lipinski definition) is 4. The van der Waals surface area contributed by atoms with Gasteiger partial charge in [0.05, 0.1) is 11.4 Å². The number of rotatable bonds is 3. The molecule has 0 spiro atoms. The van der Waals surface area contributed by atoms with E-state index in [2.05, 4.69) is 9.97 Å². The Labute approximate surface area is 104 Å². The number of fused-ring (bicyclic) bond motifs is 1. The van der Waals surface area contributed by atoms with Crippen LogP contribution in [0.2, 0.25) is 0 Å². The molecule has 3 rings (SSSR count). The van der Waals surface area contributed by atoms with E-state index < -0.39 is 0 Å². The largest absolute Gasteiger partial charge is 0.485 e. The number of para-hydroxylation sites is 2. The molecule has 0 saturated heterocycles. The van der Waals surface area contributed by atoms with Crippen molar-refractivity contribution in [3.05, 3.63) is 54.6 Å². The van der Waals surface area contributed by atoms with E-state index in [9.17, 15) is 0 Å². The second kappa shape index (κ2) is 4.37. The molecule has 0 atom stereocenters. The van der Waals surface area contributed by atoms with Crippen LogP contribution in [0.15, 0.2) is 48.9 Å². The molecule has 2 heterocycles. The van der Waals surface area contributed by atoms with Gasteiger partial charge in [-0.25, -0.2) is 9.97 Å². The lowest BCUT2D eigenvalue weighted by Gasteiger charge is -2.06. The van der Waals surface area contributed by atoms with Crippen LogP contribution in [-0.4, -0.2) is 14.4 Å². The maximum Gasteiger partial charge on any atom is 0.234 e. The van der Waals surface area contributed by atoms with E-state index in [0.29, 0.717) is 23.8 Å². The van der Waals surface area contributed by atoms with Crippen molar-refractivity contribution in [2.24, 2.45) is 0 Å². The van der Waals surface area contributed by atoms with Gasteiger partial charge in [-0.3, -0.25) is 4.40 Å². The first-order valence-electron chi connectivity index (χ1n) is 5.59. The SMILES string of the molecule is Nc1ccccc1OCc1cn2cccnc2n1. The molecule has 1 aromatic carbocycles. The number of nitrogens with zero attached hydrogens (tertiary/aromatic N) is 3. The molecule has 0 aliphatic carbocycles. The van der Waals surface area contributed by atoms with Crippen LogP contribution >= 0.6 is 0 Å². The van der Waals surface area contributed by atoms with Crippen LogP contribution in [0.4, 0.5) is 5.69 Å². The summed E-state index contributed by atoms with van der Waals surface area (Å²) in [4.78, 5) is 8.49. The summed E-state index contributed by atoms with van der Waals surface area (Å²) in [5, 5.41) is 0. The predicted molar refractivity (Wildman–Crippen MR) is 68.2 cm³/mol. The molecule has 3 aromatic rings. The third-order valence-electron chi connectivity index (χ3n) is 2.58. The Morgan fingerprint density at radius 3 is 2.94 bits per heavy atom. The highest BCUT2D eigenvalue weighted by Crippen LogP contribution is 2.20. The first-order chi connectivity index (χ1) is 8.83. The monoisotopic (exact) mass is 240 g/mol. The summed E-state index contributed by atoms with van der Waals surface area (Å²) in [5.41, 5.74) is 7.24. The highest BCUT2D eigenvalue weighted by Gasteiger charge is 2.04. The Morgan fingerprint density at radius 2 is 2.11 bits per heavy atom. The number of benzene rings is 1. The van der Waals surface area contributed by atoms with Gasteiger partial charge in [0.15, 0.2) is 0 Å². The fourth-order valence-corrected chi connectivity index (χ4v) is 1.71. The number of ether oxygens (including phenoxy) is 1. The van der Waals surface area contributed by atoms with E-state index in [4.69, 9.17) is 10.5 Å². The second-order valence-electron chi connectivity index (χ2n) is 3.89. The smallest absolute Gasteiger partial charge is 0.234 e. The number of hydrogen-bond donors (Lipinski definition) is 1. The van der Waals surface area contributed by atoms with Gasteiger partial charge in [0.25, 0.3) is 0 Å². The molecule has 5 nitrogen and oxygen atoms in total. The lowest BCUT2D eigenvalue weighted by atomic mass is 10.3. The summed E-state index contributed by atoms with van der Waals surface area (Å²) in [7, 11) is 0. The highest BCUT2D eigenvalue weighted by molar-refractivity contribution is 5.51. The van der Waals surface area contributed by atoms with Crippen LogP contribution in [0.25, 0.3) is 5.78 Å². The third-order valence-corrected chi connectivity index (χ3v) is 2.58. The average Bonchev–Trinajstić information content (AvgIpc) is 2.80. The van der Waals surface area contributed by atoms with Gasteiger partial charge < -0.3 is 10.5 Å². The van der Waals surface area contributed by atoms with Gasteiger partial charge in [-0.1, -0.05) is 12.1 Å². The molecule has 90 valence electrons. The van der Waals surface area contributed by atoms with Crippen molar-refractivity contribution in [3.63, 3.8) is 0 Å². The first kappa shape index (κ1) is 10.6. The Morgan fingerprint density at radius 1 is 1.22 bits per heavy atom. The molecule has 18 heavy (non-hydrogen) atoms.